The Bertz CT molecular complexity index is 440. The van der Waals surface area contributed by atoms with Gasteiger partial charge in [-0.2, -0.15) is 0 Å². The van der Waals surface area contributed by atoms with Gasteiger partial charge in [-0.25, -0.2) is 0 Å². The van der Waals surface area contributed by atoms with Crippen LogP contribution in [-0.4, -0.2) is 24.2 Å². The van der Waals surface area contributed by atoms with Crippen LogP contribution >= 0.6 is 0 Å². The monoisotopic (exact) mass is 279 g/mol. The molecule has 0 saturated heterocycles. The molecular weight excluding hydrogens is 254 g/mol. The van der Waals surface area contributed by atoms with Crippen molar-refractivity contribution in [3.8, 4) is 5.75 Å². The standard InChI is InChI=1S/C16H25NO3/c1-6-16(3,4)15(19)17-11(2)14(18)12-7-9-13(20-5)10-8-12/h7-11,14,18H,6H2,1-5H3,(H,17,19). The SMILES string of the molecule is CCC(C)(C)C(=O)NC(C)C(O)c1ccc(OC)cc1. The fourth-order valence-electron chi connectivity index (χ4n) is 1.73. The minimum absolute atomic E-state index is 0.0416. The van der Waals surface area contributed by atoms with Crippen LogP contribution in [0.2, 0.25) is 0 Å². The van der Waals surface area contributed by atoms with Gasteiger partial charge in [0, 0.05) is 5.41 Å². The van der Waals surface area contributed by atoms with Gasteiger partial charge >= 0.3 is 0 Å². The lowest BCUT2D eigenvalue weighted by atomic mass is 9.88. The molecule has 0 aliphatic heterocycles. The molecule has 112 valence electrons. The maximum Gasteiger partial charge on any atom is 0.225 e. The van der Waals surface area contributed by atoms with E-state index in [2.05, 4.69) is 5.32 Å². The van der Waals surface area contributed by atoms with Crippen LogP contribution in [0, 0.1) is 5.41 Å². The molecule has 0 aliphatic carbocycles. The smallest absolute Gasteiger partial charge is 0.225 e. The number of amides is 1. The van der Waals surface area contributed by atoms with Crippen molar-refractivity contribution in [3.05, 3.63) is 29.8 Å². The first kappa shape index (κ1) is 16.5. The van der Waals surface area contributed by atoms with Crippen LogP contribution < -0.4 is 10.1 Å². The van der Waals surface area contributed by atoms with Gasteiger partial charge in [-0.1, -0.05) is 32.9 Å². The number of hydrogen-bond acceptors (Lipinski definition) is 3. The molecule has 0 heterocycles. The fraction of sp³-hybridized carbons (Fsp3) is 0.562. The first-order valence-electron chi connectivity index (χ1n) is 6.94. The molecule has 20 heavy (non-hydrogen) atoms. The van der Waals surface area contributed by atoms with Gasteiger partial charge in [0.2, 0.25) is 5.91 Å². The van der Waals surface area contributed by atoms with E-state index < -0.39 is 11.5 Å². The molecule has 0 fully saturated rings. The average Bonchev–Trinajstić information content (AvgIpc) is 2.46. The number of carbonyl (C=O) groups is 1. The summed E-state index contributed by atoms with van der Waals surface area (Å²) in [4.78, 5) is 12.1. The highest BCUT2D eigenvalue weighted by Crippen LogP contribution is 2.23. The first-order chi connectivity index (χ1) is 9.31. The number of nitrogens with one attached hydrogen (secondary N) is 1. The average molecular weight is 279 g/mol. The van der Waals surface area contributed by atoms with Crippen LogP contribution in [-0.2, 0) is 4.79 Å². The summed E-state index contributed by atoms with van der Waals surface area (Å²) in [5.74, 6) is 0.699. The third-order valence-electron chi connectivity index (χ3n) is 3.79. The Morgan fingerprint density at radius 1 is 1.35 bits per heavy atom. The van der Waals surface area contributed by atoms with E-state index in [-0.39, 0.29) is 11.9 Å². The maximum absolute atomic E-state index is 12.1. The van der Waals surface area contributed by atoms with Gasteiger partial charge in [-0.05, 0) is 31.0 Å². The molecule has 0 saturated carbocycles. The molecule has 0 aromatic heterocycles. The summed E-state index contributed by atoms with van der Waals surface area (Å²) in [6.07, 6.45) is 0.0157. The highest BCUT2D eigenvalue weighted by molar-refractivity contribution is 5.82. The quantitative estimate of drug-likeness (QED) is 0.841. The van der Waals surface area contributed by atoms with E-state index in [1.54, 1.807) is 38.3 Å². The van der Waals surface area contributed by atoms with Gasteiger partial charge < -0.3 is 15.2 Å². The van der Waals surface area contributed by atoms with Crippen LogP contribution in [0.1, 0.15) is 45.8 Å². The van der Waals surface area contributed by atoms with Crippen molar-refractivity contribution in [2.75, 3.05) is 7.11 Å². The van der Waals surface area contributed by atoms with Gasteiger partial charge in [-0.15, -0.1) is 0 Å². The molecule has 1 amide bonds. The Balaban J connectivity index is 2.71. The summed E-state index contributed by atoms with van der Waals surface area (Å²) in [5, 5.41) is 13.2. The van der Waals surface area contributed by atoms with E-state index in [9.17, 15) is 9.90 Å². The van der Waals surface area contributed by atoms with Crippen molar-refractivity contribution in [2.24, 2.45) is 5.41 Å². The van der Waals surface area contributed by atoms with Gasteiger partial charge in [0.15, 0.2) is 0 Å². The molecule has 0 spiro atoms. The van der Waals surface area contributed by atoms with E-state index in [4.69, 9.17) is 4.74 Å². The zero-order chi connectivity index (χ0) is 15.3. The number of ether oxygens (including phenoxy) is 1. The van der Waals surface area contributed by atoms with Crippen molar-refractivity contribution in [1.82, 2.24) is 5.32 Å². The lowest BCUT2D eigenvalue weighted by Crippen LogP contribution is -2.43. The van der Waals surface area contributed by atoms with Crippen LogP contribution in [0.3, 0.4) is 0 Å². The van der Waals surface area contributed by atoms with Gasteiger partial charge in [0.05, 0.1) is 19.3 Å². The molecule has 2 unspecified atom stereocenters. The zero-order valence-electron chi connectivity index (χ0n) is 12.9. The van der Waals surface area contributed by atoms with Gasteiger partial charge in [0.1, 0.15) is 5.75 Å². The number of hydrogen-bond donors (Lipinski definition) is 2. The number of aliphatic hydroxyl groups is 1. The Hall–Kier alpha value is -1.55. The van der Waals surface area contributed by atoms with Gasteiger partial charge in [-0.3, -0.25) is 4.79 Å². The lowest BCUT2D eigenvalue weighted by Gasteiger charge is -2.27. The molecule has 0 radical (unpaired) electrons. The zero-order valence-corrected chi connectivity index (χ0v) is 12.9. The van der Waals surface area contributed by atoms with Crippen molar-refractivity contribution < 1.29 is 14.6 Å². The highest BCUT2D eigenvalue weighted by atomic mass is 16.5. The van der Waals surface area contributed by atoms with E-state index in [0.29, 0.717) is 0 Å². The molecular formula is C16H25NO3. The van der Waals surface area contributed by atoms with Crippen molar-refractivity contribution >= 4 is 5.91 Å². The Labute approximate surface area is 121 Å². The van der Waals surface area contributed by atoms with Crippen LogP contribution in [0.5, 0.6) is 5.75 Å². The van der Waals surface area contributed by atoms with E-state index in [1.807, 2.05) is 20.8 Å². The largest absolute Gasteiger partial charge is 0.497 e. The van der Waals surface area contributed by atoms with E-state index >= 15 is 0 Å². The highest BCUT2D eigenvalue weighted by Gasteiger charge is 2.28. The summed E-state index contributed by atoms with van der Waals surface area (Å²) in [5.41, 5.74) is 0.335. The van der Waals surface area contributed by atoms with Crippen LogP contribution in [0.25, 0.3) is 0 Å². The molecule has 0 bridgehead atoms. The molecule has 0 aliphatic rings. The number of benzene rings is 1. The molecule has 2 atom stereocenters. The molecule has 1 aromatic carbocycles. The Kier molecular flexibility index (Phi) is 5.57. The van der Waals surface area contributed by atoms with E-state index in [1.165, 1.54) is 0 Å². The minimum atomic E-state index is -0.738. The normalized spacial score (nSPS) is 14.5. The number of aliphatic hydroxyl groups excluding tert-OH is 1. The molecule has 1 aromatic rings. The maximum atomic E-state index is 12.1. The summed E-state index contributed by atoms with van der Waals surface area (Å²) >= 11 is 0. The molecule has 4 heteroatoms. The third-order valence-corrected chi connectivity index (χ3v) is 3.79. The first-order valence-corrected chi connectivity index (χ1v) is 6.94. The van der Waals surface area contributed by atoms with Crippen molar-refractivity contribution in [1.29, 1.82) is 0 Å². The topological polar surface area (TPSA) is 58.6 Å². The summed E-state index contributed by atoms with van der Waals surface area (Å²) in [7, 11) is 1.60. The summed E-state index contributed by atoms with van der Waals surface area (Å²) in [6, 6.07) is 6.85. The number of carbonyl (C=O) groups excluding carboxylic acids is 1. The van der Waals surface area contributed by atoms with Crippen LogP contribution in [0.15, 0.2) is 24.3 Å². The second kappa shape index (κ2) is 6.75. The predicted molar refractivity (Wildman–Crippen MR) is 79.6 cm³/mol. The van der Waals surface area contributed by atoms with Crippen LogP contribution in [0.4, 0.5) is 0 Å². The Morgan fingerprint density at radius 3 is 2.35 bits per heavy atom. The summed E-state index contributed by atoms with van der Waals surface area (Å²) < 4.78 is 5.08. The third kappa shape index (κ3) is 3.97. The molecule has 2 N–H and O–H groups in total. The molecule has 4 nitrogen and oxygen atoms in total. The predicted octanol–water partition coefficient (Wildman–Crippen LogP) is 2.67. The molecule has 1 rings (SSSR count). The van der Waals surface area contributed by atoms with Crippen molar-refractivity contribution in [3.63, 3.8) is 0 Å². The fourth-order valence-corrected chi connectivity index (χ4v) is 1.73. The lowest BCUT2D eigenvalue weighted by molar-refractivity contribution is -0.131. The number of rotatable bonds is 6. The Morgan fingerprint density at radius 2 is 1.90 bits per heavy atom. The summed E-state index contributed by atoms with van der Waals surface area (Å²) in [6.45, 7) is 7.58. The van der Waals surface area contributed by atoms with Gasteiger partial charge in [0.25, 0.3) is 0 Å². The van der Waals surface area contributed by atoms with Crippen molar-refractivity contribution in [2.45, 2.75) is 46.3 Å². The van der Waals surface area contributed by atoms with E-state index in [0.717, 1.165) is 17.7 Å². The number of methoxy groups -OCH3 is 1. The minimum Gasteiger partial charge on any atom is -0.497 e. The second-order valence-corrected chi connectivity index (χ2v) is 5.72. The second-order valence-electron chi connectivity index (χ2n) is 5.72.